The minimum absolute atomic E-state index is 0.232. The van der Waals surface area contributed by atoms with Gasteiger partial charge in [-0.1, -0.05) is 103 Å². The smallest absolute Gasteiger partial charge is 0.333 e. The van der Waals surface area contributed by atoms with Gasteiger partial charge in [0.15, 0.2) is 23.4 Å². The Morgan fingerprint density at radius 3 is 1.53 bits per heavy atom. The fraction of sp³-hybridized carbons (Fsp3) is 0.333. The molecule has 340 valence electrons. The van der Waals surface area contributed by atoms with Gasteiger partial charge in [0.1, 0.15) is 11.5 Å². The average Bonchev–Trinajstić information content (AvgIpc) is 3.27. The Morgan fingerprint density at radius 1 is 0.578 bits per heavy atom. The second-order valence-electron chi connectivity index (χ2n) is 15.8. The molecule has 5 aromatic rings. The molecule has 0 spiro atoms. The van der Waals surface area contributed by atoms with Crippen LogP contribution in [-0.2, 0) is 54.5 Å². The maximum atomic E-state index is 12.8. The van der Waals surface area contributed by atoms with Crippen molar-refractivity contribution in [3.05, 3.63) is 155 Å². The Hall–Kier alpha value is -6.21. The van der Waals surface area contributed by atoms with E-state index >= 15 is 0 Å². The van der Waals surface area contributed by atoms with E-state index in [4.69, 9.17) is 30.5 Å². The van der Waals surface area contributed by atoms with Gasteiger partial charge in [-0.2, -0.15) is 0 Å². The second kappa shape index (κ2) is 24.6. The fourth-order valence-corrected chi connectivity index (χ4v) is 6.68. The third-order valence-electron chi connectivity index (χ3n) is 9.94. The number of carbonyl (C=O) groups excluding carboxylic acids is 2. The lowest BCUT2D eigenvalue weighted by atomic mass is 10.0. The number of amides is 2. The van der Waals surface area contributed by atoms with Crippen molar-refractivity contribution in [2.75, 3.05) is 19.8 Å². The Labute approximate surface area is 380 Å². The SMILES string of the molecule is CCOC(Cc1ccc(OC(C)(C)C(=O)NCc2cccc(-c3ccccc3)c2)cc1)C(=O)O.CCO[C@@H](Cc1ccc(OC(C)(C)C(=O)NCCc2ccccc2Cl)cc1)C(=O)O. The highest BCUT2D eigenvalue weighted by molar-refractivity contribution is 6.31. The van der Waals surface area contributed by atoms with Crippen molar-refractivity contribution in [3.8, 4) is 22.6 Å². The number of benzene rings is 5. The van der Waals surface area contributed by atoms with Crippen LogP contribution in [0.25, 0.3) is 11.1 Å². The Morgan fingerprint density at radius 2 is 1.05 bits per heavy atom. The maximum Gasteiger partial charge on any atom is 0.333 e. The molecular formula is C51H59ClN2O10. The molecule has 0 saturated heterocycles. The summed E-state index contributed by atoms with van der Waals surface area (Å²) in [5.74, 6) is -1.41. The summed E-state index contributed by atoms with van der Waals surface area (Å²) in [6, 6.07) is 39.7. The third kappa shape index (κ3) is 16.2. The zero-order valence-electron chi connectivity index (χ0n) is 37.3. The van der Waals surface area contributed by atoms with Crippen LogP contribution in [0.1, 0.15) is 63.8 Å². The number of carboxylic acid groups (broad SMARTS) is 2. The van der Waals surface area contributed by atoms with E-state index in [0.717, 1.165) is 33.4 Å². The minimum Gasteiger partial charge on any atom is -0.479 e. The quantitative estimate of drug-likeness (QED) is 0.0527. The molecule has 0 bridgehead atoms. The topological polar surface area (TPSA) is 170 Å². The van der Waals surface area contributed by atoms with Gasteiger partial charge in [-0.25, -0.2) is 9.59 Å². The highest BCUT2D eigenvalue weighted by Gasteiger charge is 2.31. The first-order valence-electron chi connectivity index (χ1n) is 21.2. The predicted octanol–water partition coefficient (Wildman–Crippen LogP) is 8.75. The molecule has 1 unspecified atom stereocenters. The summed E-state index contributed by atoms with van der Waals surface area (Å²) in [7, 11) is 0. The predicted molar refractivity (Wildman–Crippen MR) is 248 cm³/mol. The molecule has 5 aromatic carbocycles. The van der Waals surface area contributed by atoms with Crippen LogP contribution >= 0.6 is 11.6 Å². The lowest BCUT2D eigenvalue weighted by molar-refractivity contribution is -0.150. The molecule has 0 saturated carbocycles. The van der Waals surface area contributed by atoms with Gasteiger partial charge in [-0.15, -0.1) is 0 Å². The fourth-order valence-electron chi connectivity index (χ4n) is 6.45. The van der Waals surface area contributed by atoms with Gasteiger partial charge < -0.3 is 39.8 Å². The Bertz CT molecular complexity index is 2260. The van der Waals surface area contributed by atoms with E-state index in [1.165, 1.54) is 0 Å². The highest BCUT2D eigenvalue weighted by atomic mass is 35.5. The normalized spacial score (nSPS) is 12.2. The summed E-state index contributed by atoms with van der Waals surface area (Å²) >= 11 is 6.14. The van der Waals surface area contributed by atoms with E-state index in [1.54, 1.807) is 90.1 Å². The molecule has 12 nitrogen and oxygen atoms in total. The Kier molecular flexibility index (Phi) is 19.4. The van der Waals surface area contributed by atoms with Crippen molar-refractivity contribution < 1.29 is 48.3 Å². The number of carboxylic acids is 2. The molecule has 0 aliphatic carbocycles. The zero-order chi connectivity index (χ0) is 46.7. The highest BCUT2D eigenvalue weighted by Crippen LogP contribution is 2.24. The van der Waals surface area contributed by atoms with E-state index < -0.39 is 35.3 Å². The van der Waals surface area contributed by atoms with Gasteiger partial charge in [-0.05, 0) is 118 Å². The number of halogens is 1. The van der Waals surface area contributed by atoms with Crippen molar-refractivity contribution >= 4 is 35.4 Å². The first-order chi connectivity index (χ1) is 30.5. The minimum atomic E-state index is -1.09. The number of hydrogen-bond acceptors (Lipinski definition) is 8. The molecule has 5 rings (SSSR count). The van der Waals surface area contributed by atoms with Crippen LogP contribution in [-0.4, -0.2) is 77.1 Å². The van der Waals surface area contributed by atoms with Crippen LogP contribution < -0.4 is 20.1 Å². The van der Waals surface area contributed by atoms with Crippen LogP contribution in [0, 0.1) is 0 Å². The molecular weight excluding hydrogens is 836 g/mol. The summed E-state index contributed by atoms with van der Waals surface area (Å²) in [6.07, 6.45) is -0.632. The number of hydrogen-bond donors (Lipinski definition) is 4. The van der Waals surface area contributed by atoms with Crippen molar-refractivity contribution in [2.24, 2.45) is 0 Å². The van der Waals surface area contributed by atoms with E-state index in [0.29, 0.717) is 49.2 Å². The summed E-state index contributed by atoms with van der Waals surface area (Å²) < 4.78 is 22.3. The first-order valence-corrected chi connectivity index (χ1v) is 21.6. The second-order valence-corrected chi connectivity index (χ2v) is 16.2. The van der Waals surface area contributed by atoms with Crippen LogP contribution in [0.15, 0.2) is 127 Å². The van der Waals surface area contributed by atoms with Gasteiger partial charge in [-0.3, -0.25) is 9.59 Å². The molecule has 64 heavy (non-hydrogen) atoms. The molecule has 4 N–H and O–H groups in total. The van der Waals surface area contributed by atoms with Crippen molar-refractivity contribution in [1.82, 2.24) is 10.6 Å². The van der Waals surface area contributed by atoms with E-state index in [-0.39, 0.29) is 24.7 Å². The number of nitrogens with one attached hydrogen (secondary N) is 2. The summed E-state index contributed by atoms with van der Waals surface area (Å²) in [5.41, 5.74) is 3.65. The van der Waals surface area contributed by atoms with Gasteiger partial charge in [0.05, 0.1) is 0 Å². The number of rotatable bonds is 22. The molecule has 0 radical (unpaired) electrons. The van der Waals surface area contributed by atoms with Crippen LogP contribution in [0.2, 0.25) is 5.02 Å². The lowest BCUT2D eigenvalue weighted by Crippen LogP contribution is -2.47. The summed E-state index contributed by atoms with van der Waals surface area (Å²) in [5, 5.41) is 25.0. The van der Waals surface area contributed by atoms with Crippen molar-refractivity contribution in [1.29, 1.82) is 0 Å². The van der Waals surface area contributed by atoms with Crippen LogP contribution in [0.4, 0.5) is 0 Å². The maximum absolute atomic E-state index is 12.8. The average molecular weight is 895 g/mol. The molecule has 2 amide bonds. The molecule has 0 aliphatic rings. The number of aliphatic carboxylic acids is 2. The number of carbonyl (C=O) groups is 4. The zero-order valence-corrected chi connectivity index (χ0v) is 38.0. The largest absolute Gasteiger partial charge is 0.479 e. The molecule has 0 aromatic heterocycles. The molecule has 0 fully saturated rings. The Balaban J connectivity index is 0.000000283. The van der Waals surface area contributed by atoms with Crippen LogP contribution in [0.5, 0.6) is 11.5 Å². The van der Waals surface area contributed by atoms with Gasteiger partial charge >= 0.3 is 11.9 Å². The third-order valence-corrected chi connectivity index (χ3v) is 10.3. The lowest BCUT2D eigenvalue weighted by Gasteiger charge is -2.25. The standard InChI is InChI=1S/C28H31NO5.C23H28ClNO5/c1-4-33-25(26(30)31)18-20-13-15-24(16-14-20)34-28(2,3)27(32)29-19-21-9-8-12-23(17-21)22-10-6-5-7-11-22;1-4-29-20(21(26)27)15-16-9-11-18(12-10-16)30-23(2,3)22(28)25-14-13-17-7-5-6-8-19(17)24/h5-17,25H,4,18-19H2,1-3H3,(H,29,32)(H,30,31);5-12,20H,4,13-15H2,1-3H3,(H,25,28)(H,26,27)/t;20-/m.0/s1. The van der Waals surface area contributed by atoms with E-state index in [9.17, 15) is 29.4 Å². The van der Waals surface area contributed by atoms with Crippen molar-refractivity contribution in [3.63, 3.8) is 0 Å². The first kappa shape index (κ1) is 50.4. The van der Waals surface area contributed by atoms with E-state index in [2.05, 4.69) is 28.8 Å². The monoisotopic (exact) mass is 894 g/mol. The number of ether oxygens (including phenoxy) is 4. The van der Waals surface area contributed by atoms with Gasteiger partial charge in [0, 0.05) is 44.2 Å². The van der Waals surface area contributed by atoms with Gasteiger partial charge in [0.2, 0.25) is 0 Å². The van der Waals surface area contributed by atoms with Crippen LogP contribution in [0.3, 0.4) is 0 Å². The summed E-state index contributed by atoms with van der Waals surface area (Å²) in [4.78, 5) is 47.9. The van der Waals surface area contributed by atoms with Gasteiger partial charge in [0.25, 0.3) is 11.8 Å². The summed E-state index contributed by atoms with van der Waals surface area (Å²) in [6.45, 7) is 11.8. The molecule has 13 heteroatoms. The molecule has 2 atom stereocenters. The molecule has 0 heterocycles. The van der Waals surface area contributed by atoms with E-state index in [1.807, 2.05) is 60.7 Å². The van der Waals surface area contributed by atoms with Crippen molar-refractivity contribution in [2.45, 2.75) is 90.8 Å². The molecule has 0 aliphatic heterocycles.